The monoisotopic (exact) mass is 361 g/mol. The van der Waals surface area contributed by atoms with Crippen LogP contribution in [0.3, 0.4) is 0 Å². The van der Waals surface area contributed by atoms with E-state index in [0.29, 0.717) is 29.4 Å². The van der Waals surface area contributed by atoms with E-state index >= 15 is 0 Å². The summed E-state index contributed by atoms with van der Waals surface area (Å²) in [4.78, 5) is 16.6. The number of amides is 1. The number of hydrogen-bond donors (Lipinski definition) is 2. The van der Waals surface area contributed by atoms with E-state index < -0.39 is 0 Å². The third kappa shape index (κ3) is 3.77. The molecule has 0 fully saturated rings. The highest BCUT2D eigenvalue weighted by atomic mass is 19.1. The summed E-state index contributed by atoms with van der Waals surface area (Å²) >= 11 is 0. The lowest BCUT2D eigenvalue weighted by molar-refractivity contribution is 0.102. The van der Waals surface area contributed by atoms with Gasteiger partial charge in [-0.2, -0.15) is 4.52 Å². The number of anilines is 2. The molecule has 6 nitrogen and oxygen atoms in total. The van der Waals surface area contributed by atoms with Gasteiger partial charge in [0.1, 0.15) is 11.6 Å². The van der Waals surface area contributed by atoms with Gasteiger partial charge in [-0.25, -0.2) is 9.37 Å². The number of rotatable bonds is 5. The van der Waals surface area contributed by atoms with Crippen LogP contribution in [0.25, 0.3) is 5.65 Å². The summed E-state index contributed by atoms with van der Waals surface area (Å²) in [6.07, 6.45) is 1.56. The molecule has 2 aromatic carbocycles. The Morgan fingerprint density at radius 2 is 1.78 bits per heavy atom. The molecule has 0 saturated carbocycles. The second-order valence-corrected chi connectivity index (χ2v) is 5.93. The number of hydrogen-bond acceptors (Lipinski definition) is 4. The van der Waals surface area contributed by atoms with Crippen molar-refractivity contribution in [2.75, 3.05) is 10.6 Å². The molecule has 0 saturated heterocycles. The molecule has 1 amide bonds. The Bertz CT molecular complexity index is 1080. The Kier molecular flexibility index (Phi) is 4.49. The van der Waals surface area contributed by atoms with Crippen LogP contribution >= 0.6 is 0 Å². The molecule has 0 aliphatic rings. The standard InChI is InChI=1S/C20H16FN5O/c21-16-8-6-14(7-9-16)12-22-17-10-11-18-23-13-19(26(18)25-17)24-20(27)15-4-2-1-3-5-15/h1-11,13H,12H2,(H,22,25)(H,24,27). The van der Waals surface area contributed by atoms with E-state index in [1.165, 1.54) is 12.1 Å². The van der Waals surface area contributed by atoms with Gasteiger partial charge >= 0.3 is 0 Å². The van der Waals surface area contributed by atoms with E-state index in [0.717, 1.165) is 5.56 Å². The minimum Gasteiger partial charge on any atom is -0.365 e. The van der Waals surface area contributed by atoms with Gasteiger partial charge in [0.25, 0.3) is 5.91 Å². The summed E-state index contributed by atoms with van der Waals surface area (Å²) in [7, 11) is 0. The zero-order valence-electron chi connectivity index (χ0n) is 14.3. The Balaban J connectivity index is 1.52. The van der Waals surface area contributed by atoms with Crippen molar-refractivity contribution in [3.8, 4) is 0 Å². The Morgan fingerprint density at radius 1 is 1.00 bits per heavy atom. The van der Waals surface area contributed by atoms with Crippen LogP contribution in [0.1, 0.15) is 15.9 Å². The molecule has 7 heteroatoms. The predicted molar refractivity (Wildman–Crippen MR) is 101 cm³/mol. The maximum Gasteiger partial charge on any atom is 0.256 e. The third-order valence-electron chi connectivity index (χ3n) is 4.03. The molecule has 0 aliphatic heterocycles. The van der Waals surface area contributed by atoms with Crippen molar-refractivity contribution in [1.29, 1.82) is 0 Å². The van der Waals surface area contributed by atoms with E-state index in [2.05, 4.69) is 20.7 Å². The fourth-order valence-corrected chi connectivity index (χ4v) is 2.63. The van der Waals surface area contributed by atoms with Crippen LogP contribution in [0.15, 0.2) is 72.9 Å². The number of benzene rings is 2. The minimum atomic E-state index is -0.268. The lowest BCUT2D eigenvalue weighted by Gasteiger charge is -2.08. The smallest absolute Gasteiger partial charge is 0.256 e. The Morgan fingerprint density at radius 3 is 2.56 bits per heavy atom. The second-order valence-electron chi connectivity index (χ2n) is 5.93. The van der Waals surface area contributed by atoms with Gasteiger partial charge < -0.3 is 10.6 Å². The van der Waals surface area contributed by atoms with Gasteiger partial charge in [-0.05, 0) is 42.0 Å². The molecule has 2 aromatic heterocycles. The van der Waals surface area contributed by atoms with Gasteiger partial charge in [-0.1, -0.05) is 30.3 Å². The molecule has 0 atom stereocenters. The number of halogens is 1. The van der Waals surface area contributed by atoms with Crippen molar-refractivity contribution < 1.29 is 9.18 Å². The molecule has 134 valence electrons. The van der Waals surface area contributed by atoms with Gasteiger partial charge in [0.15, 0.2) is 11.5 Å². The average Bonchev–Trinajstić information content (AvgIpc) is 3.10. The highest BCUT2D eigenvalue weighted by Gasteiger charge is 2.10. The highest BCUT2D eigenvalue weighted by Crippen LogP contribution is 2.15. The van der Waals surface area contributed by atoms with Gasteiger partial charge in [0.05, 0.1) is 6.20 Å². The van der Waals surface area contributed by atoms with Crippen molar-refractivity contribution in [1.82, 2.24) is 14.6 Å². The molecule has 27 heavy (non-hydrogen) atoms. The van der Waals surface area contributed by atoms with Gasteiger partial charge in [0.2, 0.25) is 0 Å². The van der Waals surface area contributed by atoms with Crippen molar-refractivity contribution in [3.05, 3.63) is 89.9 Å². The number of carbonyl (C=O) groups excluding carboxylic acids is 1. The average molecular weight is 361 g/mol. The first-order valence-corrected chi connectivity index (χ1v) is 8.38. The fourth-order valence-electron chi connectivity index (χ4n) is 2.63. The van der Waals surface area contributed by atoms with Gasteiger partial charge in [-0.3, -0.25) is 4.79 Å². The summed E-state index contributed by atoms with van der Waals surface area (Å²) in [5.74, 6) is 0.587. The predicted octanol–water partition coefficient (Wildman–Crippen LogP) is 3.73. The Labute approximate surface area is 154 Å². The quantitative estimate of drug-likeness (QED) is 0.568. The summed E-state index contributed by atoms with van der Waals surface area (Å²) in [6, 6.07) is 18.8. The zero-order valence-corrected chi connectivity index (χ0v) is 14.3. The Hall–Kier alpha value is -3.74. The number of fused-ring (bicyclic) bond motifs is 1. The summed E-state index contributed by atoms with van der Waals surface area (Å²) in [5, 5.41) is 10.5. The van der Waals surface area contributed by atoms with Crippen molar-refractivity contribution >= 4 is 23.2 Å². The fraction of sp³-hybridized carbons (Fsp3) is 0.0500. The van der Waals surface area contributed by atoms with Crippen LogP contribution in [-0.2, 0) is 6.54 Å². The summed E-state index contributed by atoms with van der Waals surface area (Å²) in [5.41, 5.74) is 2.10. The van der Waals surface area contributed by atoms with Crippen LogP contribution < -0.4 is 10.6 Å². The minimum absolute atomic E-state index is 0.233. The molecule has 4 rings (SSSR count). The van der Waals surface area contributed by atoms with Crippen molar-refractivity contribution in [2.45, 2.75) is 6.54 Å². The molecule has 0 bridgehead atoms. The number of aromatic nitrogens is 3. The highest BCUT2D eigenvalue weighted by molar-refractivity contribution is 6.03. The summed E-state index contributed by atoms with van der Waals surface area (Å²) < 4.78 is 14.5. The van der Waals surface area contributed by atoms with E-state index in [1.807, 2.05) is 6.07 Å². The molecule has 0 unspecified atom stereocenters. The van der Waals surface area contributed by atoms with Crippen LogP contribution in [0.4, 0.5) is 16.0 Å². The number of nitrogens with zero attached hydrogens (tertiary/aromatic N) is 3. The van der Waals surface area contributed by atoms with Crippen molar-refractivity contribution in [3.63, 3.8) is 0 Å². The van der Waals surface area contributed by atoms with E-state index in [-0.39, 0.29) is 11.7 Å². The largest absolute Gasteiger partial charge is 0.365 e. The first-order chi connectivity index (χ1) is 13.2. The number of nitrogens with one attached hydrogen (secondary N) is 2. The van der Waals surface area contributed by atoms with Crippen LogP contribution in [-0.4, -0.2) is 20.5 Å². The molecule has 0 radical (unpaired) electrons. The first kappa shape index (κ1) is 16.7. The maximum absolute atomic E-state index is 13.0. The molecular weight excluding hydrogens is 345 g/mol. The molecule has 0 spiro atoms. The number of imidazole rings is 1. The summed E-state index contributed by atoms with van der Waals surface area (Å²) in [6.45, 7) is 0.499. The lowest BCUT2D eigenvalue weighted by atomic mass is 10.2. The van der Waals surface area contributed by atoms with Gasteiger partial charge in [0, 0.05) is 12.1 Å². The van der Waals surface area contributed by atoms with Crippen molar-refractivity contribution in [2.24, 2.45) is 0 Å². The SMILES string of the molecule is O=C(Nc1cnc2ccc(NCc3ccc(F)cc3)nn12)c1ccccc1. The first-order valence-electron chi connectivity index (χ1n) is 8.38. The zero-order chi connectivity index (χ0) is 18.6. The van der Waals surface area contributed by atoms with E-state index in [4.69, 9.17) is 0 Å². The van der Waals surface area contributed by atoms with Crippen LogP contribution in [0.2, 0.25) is 0 Å². The molecule has 4 aromatic rings. The van der Waals surface area contributed by atoms with Gasteiger partial charge in [-0.15, -0.1) is 5.10 Å². The second kappa shape index (κ2) is 7.25. The lowest BCUT2D eigenvalue weighted by Crippen LogP contribution is -2.14. The maximum atomic E-state index is 13.0. The van der Waals surface area contributed by atoms with E-state index in [1.54, 1.807) is 59.2 Å². The third-order valence-corrected chi connectivity index (χ3v) is 4.03. The van der Waals surface area contributed by atoms with Crippen LogP contribution in [0.5, 0.6) is 0 Å². The number of carbonyl (C=O) groups is 1. The normalized spacial score (nSPS) is 10.7. The van der Waals surface area contributed by atoms with E-state index in [9.17, 15) is 9.18 Å². The van der Waals surface area contributed by atoms with Crippen LogP contribution in [0, 0.1) is 5.82 Å². The topological polar surface area (TPSA) is 71.3 Å². The molecule has 0 aliphatic carbocycles. The molecular formula is C20H16FN5O. The molecule has 2 N–H and O–H groups in total. The molecule has 2 heterocycles.